The van der Waals surface area contributed by atoms with Crippen molar-refractivity contribution in [2.75, 3.05) is 13.7 Å². The second kappa shape index (κ2) is 7.41. The summed E-state index contributed by atoms with van der Waals surface area (Å²) in [6.07, 6.45) is 2.37. The largest absolute Gasteiger partial charge is 0.396 e. The molecule has 0 bridgehead atoms. The van der Waals surface area contributed by atoms with Gasteiger partial charge in [0.1, 0.15) is 0 Å². The fourth-order valence-corrected chi connectivity index (χ4v) is 3.37. The Balaban J connectivity index is 2.85. The van der Waals surface area contributed by atoms with Gasteiger partial charge >= 0.3 is 0 Å². The lowest BCUT2D eigenvalue weighted by atomic mass is 10.1. The maximum Gasteiger partial charge on any atom is 0.187 e. The molecular weight excluding hydrogens is 266 g/mol. The number of aliphatic hydroxyl groups is 1. The molecule has 0 aliphatic heterocycles. The molecule has 3 nitrogen and oxygen atoms in total. The average molecular weight is 291 g/mol. The van der Waals surface area contributed by atoms with Crippen molar-refractivity contribution in [3.05, 3.63) is 47.7 Å². The van der Waals surface area contributed by atoms with E-state index in [2.05, 4.69) is 25.0 Å². The van der Waals surface area contributed by atoms with Gasteiger partial charge in [-0.3, -0.25) is 4.79 Å². The number of allylic oxidation sites excluding steroid dienone is 2. The molecule has 20 heavy (non-hydrogen) atoms. The molecule has 0 aliphatic rings. The van der Waals surface area contributed by atoms with Gasteiger partial charge < -0.3 is 10.4 Å². The van der Waals surface area contributed by atoms with Crippen LogP contribution in [0, 0.1) is 0 Å². The van der Waals surface area contributed by atoms with E-state index < -0.39 is 8.07 Å². The van der Waals surface area contributed by atoms with Crippen LogP contribution in [0.4, 0.5) is 0 Å². The molecule has 4 heteroatoms. The molecule has 0 aromatic heterocycles. The first-order chi connectivity index (χ1) is 9.38. The summed E-state index contributed by atoms with van der Waals surface area (Å²) in [5.41, 5.74) is 1.83. The smallest absolute Gasteiger partial charge is 0.187 e. The molecule has 1 aromatic carbocycles. The normalized spacial score (nSPS) is 13.9. The number of benzene rings is 1. The third-order valence-corrected chi connectivity index (χ3v) is 6.43. The summed E-state index contributed by atoms with van der Waals surface area (Å²) in [5, 5.41) is 12.6. The average Bonchev–Trinajstić information content (AvgIpc) is 2.42. The van der Waals surface area contributed by atoms with Crippen molar-refractivity contribution in [1.82, 2.24) is 5.32 Å². The number of carbonyl (C=O) groups is 1. The number of hydrogen-bond donors (Lipinski definition) is 2. The summed E-state index contributed by atoms with van der Waals surface area (Å²) < 4.78 is 0. The van der Waals surface area contributed by atoms with E-state index in [4.69, 9.17) is 0 Å². The van der Waals surface area contributed by atoms with Crippen LogP contribution < -0.4 is 5.32 Å². The predicted molar refractivity (Wildman–Crippen MR) is 86.7 cm³/mol. The van der Waals surface area contributed by atoms with Gasteiger partial charge in [0.25, 0.3) is 0 Å². The highest BCUT2D eigenvalue weighted by atomic mass is 28.3. The van der Waals surface area contributed by atoms with Crippen LogP contribution in [0.3, 0.4) is 0 Å². The number of hydrogen-bond acceptors (Lipinski definition) is 3. The Morgan fingerprint density at radius 3 is 2.35 bits per heavy atom. The Kier molecular flexibility index (Phi) is 6.17. The molecule has 1 unspecified atom stereocenters. The van der Waals surface area contributed by atoms with Crippen molar-refractivity contribution < 1.29 is 9.90 Å². The topological polar surface area (TPSA) is 49.3 Å². The Bertz CT molecular complexity index is 463. The van der Waals surface area contributed by atoms with Gasteiger partial charge in [-0.1, -0.05) is 50.0 Å². The fraction of sp³-hybridized carbons (Fsp3) is 0.438. The molecule has 0 amide bonds. The third kappa shape index (κ3) is 4.94. The van der Waals surface area contributed by atoms with Gasteiger partial charge in [-0.15, -0.1) is 0 Å². The molecule has 110 valence electrons. The van der Waals surface area contributed by atoms with E-state index >= 15 is 0 Å². The summed E-state index contributed by atoms with van der Waals surface area (Å²) in [7, 11) is 0.384. The zero-order valence-corrected chi connectivity index (χ0v) is 13.8. The van der Waals surface area contributed by atoms with Gasteiger partial charge in [-0.05, 0) is 12.0 Å². The highest BCUT2D eigenvalue weighted by molar-refractivity contribution is 6.77. The summed E-state index contributed by atoms with van der Waals surface area (Å²) in [6, 6.07) is 9.24. The molecule has 0 radical (unpaired) electrons. The molecule has 0 saturated heterocycles. The van der Waals surface area contributed by atoms with Gasteiger partial charge in [-0.2, -0.15) is 0 Å². The Morgan fingerprint density at radius 1 is 1.30 bits per heavy atom. The summed E-state index contributed by atoms with van der Waals surface area (Å²) in [4.78, 5) is 12.2. The molecule has 0 spiro atoms. The van der Waals surface area contributed by atoms with Crippen LogP contribution in [0.15, 0.2) is 42.1 Å². The van der Waals surface area contributed by atoms with E-state index in [0.717, 1.165) is 12.1 Å². The molecule has 1 aromatic rings. The number of rotatable bonds is 7. The zero-order valence-electron chi connectivity index (χ0n) is 12.8. The SMILES string of the molecule is CN/C(=C\C(=O)c1ccccc1)CC(CO)[Si](C)(C)C. The van der Waals surface area contributed by atoms with E-state index in [1.165, 1.54) is 0 Å². The first-order valence-electron chi connectivity index (χ1n) is 6.97. The molecule has 0 heterocycles. The number of ketones is 1. The van der Waals surface area contributed by atoms with Crippen molar-refractivity contribution >= 4 is 13.9 Å². The molecule has 0 saturated carbocycles. The highest BCUT2D eigenvalue weighted by Crippen LogP contribution is 2.27. The Hall–Kier alpha value is -1.39. The minimum Gasteiger partial charge on any atom is -0.396 e. The second-order valence-electron chi connectivity index (χ2n) is 6.10. The van der Waals surface area contributed by atoms with Crippen LogP contribution in [-0.2, 0) is 0 Å². The predicted octanol–water partition coefficient (Wildman–Crippen LogP) is 3.06. The maximum absolute atomic E-state index is 12.2. The lowest BCUT2D eigenvalue weighted by Crippen LogP contribution is -2.32. The molecule has 2 N–H and O–H groups in total. The quantitative estimate of drug-likeness (QED) is 0.461. The molecular formula is C16H25NO2Si. The third-order valence-electron chi connectivity index (χ3n) is 3.60. The lowest BCUT2D eigenvalue weighted by Gasteiger charge is -2.28. The Morgan fingerprint density at radius 2 is 1.90 bits per heavy atom. The summed E-state index contributed by atoms with van der Waals surface area (Å²) in [6.45, 7) is 6.88. The second-order valence-corrected chi connectivity index (χ2v) is 11.6. The van der Waals surface area contributed by atoms with E-state index in [-0.39, 0.29) is 17.9 Å². The van der Waals surface area contributed by atoms with Crippen LogP contribution in [0.25, 0.3) is 0 Å². The molecule has 1 rings (SSSR count). The van der Waals surface area contributed by atoms with Crippen LogP contribution >= 0.6 is 0 Å². The number of nitrogens with one attached hydrogen (secondary N) is 1. The minimum absolute atomic E-state index is 0.00205. The molecule has 0 aliphatic carbocycles. The van der Waals surface area contributed by atoms with Gasteiger partial charge in [0.2, 0.25) is 0 Å². The highest BCUT2D eigenvalue weighted by Gasteiger charge is 2.26. The van der Waals surface area contributed by atoms with Gasteiger partial charge in [0.15, 0.2) is 5.78 Å². The first kappa shape index (κ1) is 16.7. The van der Waals surface area contributed by atoms with Gasteiger partial charge in [-0.25, -0.2) is 0 Å². The van der Waals surface area contributed by atoms with Crippen molar-refractivity contribution in [3.63, 3.8) is 0 Å². The van der Waals surface area contributed by atoms with Crippen molar-refractivity contribution in [2.24, 2.45) is 0 Å². The molecule has 1 atom stereocenters. The fourth-order valence-electron chi connectivity index (χ4n) is 1.99. The zero-order chi connectivity index (χ0) is 15.2. The first-order valence-corrected chi connectivity index (χ1v) is 10.5. The summed E-state index contributed by atoms with van der Waals surface area (Å²) in [5.74, 6) is 0.00205. The lowest BCUT2D eigenvalue weighted by molar-refractivity contribution is 0.104. The number of aliphatic hydroxyl groups excluding tert-OH is 1. The Labute approximate surface area is 122 Å². The van der Waals surface area contributed by atoms with Crippen molar-refractivity contribution in [1.29, 1.82) is 0 Å². The van der Waals surface area contributed by atoms with Crippen LogP contribution in [0.1, 0.15) is 16.8 Å². The van der Waals surface area contributed by atoms with Crippen molar-refractivity contribution in [3.8, 4) is 0 Å². The van der Waals surface area contributed by atoms with Crippen LogP contribution in [0.2, 0.25) is 25.2 Å². The van der Waals surface area contributed by atoms with Crippen molar-refractivity contribution in [2.45, 2.75) is 31.6 Å². The van der Waals surface area contributed by atoms with Crippen LogP contribution in [0.5, 0.6) is 0 Å². The van der Waals surface area contributed by atoms with E-state index in [9.17, 15) is 9.90 Å². The standard InChI is InChI=1S/C16H25NO2Si/c1-17-14(10-15(12-18)20(2,3)4)11-16(19)13-8-6-5-7-9-13/h5-9,11,15,17-18H,10,12H2,1-4H3/b14-11-. The number of carbonyl (C=O) groups excluding carboxylic acids is 1. The van der Waals surface area contributed by atoms with Gasteiger partial charge in [0, 0.05) is 31.0 Å². The van der Waals surface area contributed by atoms with Crippen LogP contribution in [-0.4, -0.2) is 32.6 Å². The van der Waals surface area contributed by atoms with E-state index in [0.29, 0.717) is 5.56 Å². The monoisotopic (exact) mass is 291 g/mol. The minimum atomic E-state index is -1.44. The van der Waals surface area contributed by atoms with E-state index in [1.54, 1.807) is 6.08 Å². The summed E-state index contributed by atoms with van der Waals surface area (Å²) >= 11 is 0. The van der Waals surface area contributed by atoms with Gasteiger partial charge in [0.05, 0.1) is 8.07 Å². The maximum atomic E-state index is 12.2. The molecule has 0 fully saturated rings. The van der Waals surface area contributed by atoms with E-state index in [1.807, 2.05) is 37.4 Å².